The molecular weight excluding hydrogens is 335 g/mol. The van der Waals surface area contributed by atoms with Crippen LogP contribution >= 0.6 is 11.6 Å². The van der Waals surface area contributed by atoms with E-state index in [4.69, 9.17) is 21.1 Å². The Balaban J connectivity index is 2.09. The van der Waals surface area contributed by atoms with Gasteiger partial charge < -0.3 is 20.1 Å². The molecule has 0 bridgehead atoms. The maximum atomic E-state index is 13.1. The highest BCUT2D eigenvalue weighted by Crippen LogP contribution is 2.29. The zero-order valence-electron chi connectivity index (χ0n) is 13.5. The van der Waals surface area contributed by atoms with E-state index in [2.05, 4.69) is 10.6 Å². The number of amides is 2. The van der Waals surface area contributed by atoms with Gasteiger partial charge in [-0.1, -0.05) is 11.6 Å². The molecule has 7 heteroatoms. The van der Waals surface area contributed by atoms with E-state index in [1.54, 1.807) is 32.4 Å². The standard InChI is InChI=1S/C17H18ClFN2O3/c1-10(13-9-12(23-2)5-7-16(13)24-3)20-17(22)21-11-4-6-15(19)14(18)8-11/h4-10H,1-3H3,(H2,20,21,22). The van der Waals surface area contributed by atoms with Gasteiger partial charge >= 0.3 is 6.03 Å². The summed E-state index contributed by atoms with van der Waals surface area (Å²) in [6.45, 7) is 1.81. The van der Waals surface area contributed by atoms with Crippen molar-refractivity contribution in [1.82, 2.24) is 5.32 Å². The van der Waals surface area contributed by atoms with Crippen molar-refractivity contribution in [2.45, 2.75) is 13.0 Å². The van der Waals surface area contributed by atoms with Crippen LogP contribution in [0.4, 0.5) is 14.9 Å². The van der Waals surface area contributed by atoms with E-state index in [-0.39, 0.29) is 11.1 Å². The van der Waals surface area contributed by atoms with Crippen LogP contribution < -0.4 is 20.1 Å². The Bertz CT molecular complexity index is 740. The van der Waals surface area contributed by atoms with Crippen molar-refractivity contribution in [3.8, 4) is 11.5 Å². The molecule has 24 heavy (non-hydrogen) atoms. The number of carbonyl (C=O) groups is 1. The topological polar surface area (TPSA) is 59.6 Å². The molecule has 0 fully saturated rings. The second-order valence-electron chi connectivity index (χ2n) is 5.06. The fourth-order valence-electron chi connectivity index (χ4n) is 2.19. The van der Waals surface area contributed by atoms with Crippen molar-refractivity contribution in [3.63, 3.8) is 0 Å². The largest absolute Gasteiger partial charge is 0.497 e. The molecule has 2 rings (SSSR count). The van der Waals surface area contributed by atoms with E-state index in [0.717, 1.165) is 5.56 Å². The molecule has 0 aliphatic rings. The Hall–Kier alpha value is -2.47. The monoisotopic (exact) mass is 352 g/mol. The lowest BCUT2D eigenvalue weighted by molar-refractivity contribution is 0.249. The Morgan fingerprint density at radius 3 is 2.54 bits per heavy atom. The Kier molecular flexibility index (Phi) is 5.87. The van der Waals surface area contributed by atoms with Gasteiger partial charge in [0, 0.05) is 11.3 Å². The van der Waals surface area contributed by atoms with Gasteiger partial charge in [-0.3, -0.25) is 0 Å². The molecule has 0 aliphatic heterocycles. The van der Waals surface area contributed by atoms with Gasteiger partial charge in [-0.15, -0.1) is 0 Å². The maximum Gasteiger partial charge on any atom is 0.319 e. The molecule has 0 saturated carbocycles. The molecule has 128 valence electrons. The number of benzene rings is 2. The zero-order chi connectivity index (χ0) is 17.7. The summed E-state index contributed by atoms with van der Waals surface area (Å²) in [7, 11) is 3.12. The quantitative estimate of drug-likeness (QED) is 0.839. The van der Waals surface area contributed by atoms with E-state index in [1.165, 1.54) is 18.2 Å². The molecule has 0 saturated heterocycles. The lowest BCUT2D eigenvalue weighted by Crippen LogP contribution is -2.31. The minimum atomic E-state index is -0.544. The third kappa shape index (κ3) is 4.29. The van der Waals surface area contributed by atoms with Crippen LogP contribution in [-0.2, 0) is 0 Å². The predicted molar refractivity (Wildman–Crippen MR) is 91.5 cm³/mol. The van der Waals surface area contributed by atoms with Crippen LogP contribution in [0.2, 0.25) is 5.02 Å². The van der Waals surface area contributed by atoms with Crippen LogP contribution in [-0.4, -0.2) is 20.3 Å². The second-order valence-corrected chi connectivity index (χ2v) is 5.46. The van der Waals surface area contributed by atoms with Crippen molar-refractivity contribution >= 4 is 23.3 Å². The number of carbonyl (C=O) groups excluding carboxylic acids is 1. The highest BCUT2D eigenvalue weighted by Gasteiger charge is 2.15. The lowest BCUT2D eigenvalue weighted by atomic mass is 10.1. The molecule has 5 nitrogen and oxygen atoms in total. The van der Waals surface area contributed by atoms with E-state index in [0.29, 0.717) is 17.2 Å². The zero-order valence-corrected chi connectivity index (χ0v) is 14.3. The number of anilines is 1. The molecule has 0 radical (unpaired) electrons. The second kappa shape index (κ2) is 7.88. The van der Waals surface area contributed by atoms with Gasteiger partial charge in [0.1, 0.15) is 17.3 Å². The third-order valence-corrected chi connectivity index (χ3v) is 3.72. The summed E-state index contributed by atoms with van der Waals surface area (Å²) in [5.41, 5.74) is 1.16. The Morgan fingerprint density at radius 1 is 1.17 bits per heavy atom. The number of rotatable bonds is 5. The number of nitrogens with one attached hydrogen (secondary N) is 2. The van der Waals surface area contributed by atoms with Gasteiger partial charge in [0.15, 0.2) is 0 Å². The number of halogens is 2. The number of methoxy groups -OCH3 is 2. The lowest BCUT2D eigenvalue weighted by Gasteiger charge is -2.18. The number of urea groups is 1. The number of ether oxygens (including phenoxy) is 2. The first-order valence-electron chi connectivity index (χ1n) is 7.19. The molecule has 1 atom stereocenters. The fourth-order valence-corrected chi connectivity index (χ4v) is 2.37. The van der Waals surface area contributed by atoms with E-state index >= 15 is 0 Å². The smallest absolute Gasteiger partial charge is 0.319 e. The van der Waals surface area contributed by atoms with Crippen LogP contribution in [0.25, 0.3) is 0 Å². The molecular formula is C17H18ClFN2O3. The third-order valence-electron chi connectivity index (χ3n) is 3.43. The Labute approximate surface area is 144 Å². The molecule has 0 spiro atoms. The van der Waals surface area contributed by atoms with Crippen molar-refractivity contribution in [2.24, 2.45) is 0 Å². The first kappa shape index (κ1) is 17.9. The van der Waals surface area contributed by atoms with Gasteiger partial charge in [-0.05, 0) is 43.3 Å². The van der Waals surface area contributed by atoms with Gasteiger partial charge in [0.25, 0.3) is 0 Å². The number of hydrogen-bond acceptors (Lipinski definition) is 3. The van der Waals surface area contributed by atoms with Crippen molar-refractivity contribution in [2.75, 3.05) is 19.5 Å². The highest BCUT2D eigenvalue weighted by molar-refractivity contribution is 6.31. The predicted octanol–water partition coefficient (Wildman–Crippen LogP) is 4.38. The first-order chi connectivity index (χ1) is 11.4. The van der Waals surface area contributed by atoms with Crippen LogP contribution in [0.5, 0.6) is 11.5 Å². The fraction of sp³-hybridized carbons (Fsp3) is 0.235. The maximum absolute atomic E-state index is 13.1. The average Bonchev–Trinajstić information content (AvgIpc) is 2.57. The van der Waals surface area contributed by atoms with Crippen LogP contribution in [0.3, 0.4) is 0 Å². The Morgan fingerprint density at radius 2 is 1.92 bits per heavy atom. The molecule has 2 aromatic carbocycles. The van der Waals surface area contributed by atoms with E-state index in [1.807, 2.05) is 6.92 Å². The minimum absolute atomic E-state index is 0.0599. The molecule has 2 amide bonds. The van der Waals surface area contributed by atoms with Crippen molar-refractivity contribution in [3.05, 3.63) is 52.8 Å². The molecule has 0 heterocycles. The average molecular weight is 353 g/mol. The van der Waals surface area contributed by atoms with Crippen LogP contribution in [0.1, 0.15) is 18.5 Å². The summed E-state index contributed by atoms with van der Waals surface area (Å²) in [5.74, 6) is 0.746. The molecule has 2 N–H and O–H groups in total. The summed E-state index contributed by atoms with van der Waals surface area (Å²) in [4.78, 5) is 12.1. The normalized spacial score (nSPS) is 11.5. The highest BCUT2D eigenvalue weighted by atomic mass is 35.5. The van der Waals surface area contributed by atoms with Crippen molar-refractivity contribution in [1.29, 1.82) is 0 Å². The summed E-state index contributed by atoms with van der Waals surface area (Å²) < 4.78 is 23.6. The van der Waals surface area contributed by atoms with Gasteiger partial charge in [0.05, 0.1) is 25.3 Å². The SMILES string of the molecule is COc1ccc(OC)c(C(C)NC(=O)Nc2ccc(F)c(Cl)c2)c1. The van der Waals surface area contributed by atoms with Crippen LogP contribution in [0, 0.1) is 5.82 Å². The summed E-state index contributed by atoms with van der Waals surface area (Å²) in [6.07, 6.45) is 0. The molecule has 2 aromatic rings. The van der Waals surface area contributed by atoms with Gasteiger partial charge in [-0.25, -0.2) is 9.18 Å². The van der Waals surface area contributed by atoms with E-state index < -0.39 is 11.8 Å². The molecule has 0 aliphatic carbocycles. The summed E-state index contributed by atoms with van der Waals surface area (Å²) >= 11 is 5.69. The molecule has 1 unspecified atom stereocenters. The van der Waals surface area contributed by atoms with E-state index in [9.17, 15) is 9.18 Å². The van der Waals surface area contributed by atoms with Crippen LogP contribution in [0.15, 0.2) is 36.4 Å². The van der Waals surface area contributed by atoms with Gasteiger partial charge in [-0.2, -0.15) is 0 Å². The molecule has 0 aromatic heterocycles. The van der Waals surface area contributed by atoms with Gasteiger partial charge in [0.2, 0.25) is 0 Å². The summed E-state index contributed by atoms with van der Waals surface area (Å²) in [5, 5.41) is 5.33. The number of hydrogen-bond donors (Lipinski definition) is 2. The minimum Gasteiger partial charge on any atom is -0.497 e. The van der Waals surface area contributed by atoms with Crippen molar-refractivity contribution < 1.29 is 18.7 Å². The summed E-state index contributed by atoms with van der Waals surface area (Å²) in [6, 6.07) is 8.50. The first-order valence-corrected chi connectivity index (χ1v) is 7.57.